The highest BCUT2D eigenvalue weighted by Crippen LogP contribution is 2.42. The number of rotatable bonds is 4. The molecule has 0 saturated carbocycles. The number of esters is 1. The predicted octanol–water partition coefficient (Wildman–Crippen LogP) is 6.52. The zero-order valence-corrected chi connectivity index (χ0v) is 20.5. The predicted molar refractivity (Wildman–Crippen MR) is 118 cm³/mol. The first-order chi connectivity index (χ1) is 20.6. The minimum Gasteiger partial charge on any atom is -0.559 e. The molecule has 0 fully saturated rings. The molecule has 0 radical (unpaired) electrons. The molecule has 0 bridgehead atoms. The molecule has 0 aliphatic carbocycles. The first-order valence-corrected chi connectivity index (χ1v) is 11.6. The van der Waals surface area contributed by atoms with Crippen LogP contribution in [-0.2, 0) is 4.74 Å². The number of ether oxygens (including phenoxy) is 1. The molecule has 4 aromatic carbocycles. The van der Waals surface area contributed by atoms with Crippen molar-refractivity contribution < 1.29 is 74.9 Å². The molecule has 0 amide bonds. The molecule has 0 N–H and O–H groups in total. The summed E-state index contributed by atoms with van der Waals surface area (Å²) in [5.74, 6) is -45.9. The maximum atomic E-state index is 15.4. The Bertz CT molecular complexity index is 1760. The molecule has 0 saturated heterocycles. The van der Waals surface area contributed by atoms with Crippen LogP contribution >= 0.6 is 0 Å². The number of hydrogen-bond acceptors (Lipinski definition) is 1. The molecule has 1 aliphatic heterocycles. The summed E-state index contributed by atoms with van der Waals surface area (Å²) in [6, 6.07) is 1.75. The molecule has 44 heavy (non-hydrogen) atoms. The van der Waals surface area contributed by atoms with E-state index in [0.29, 0.717) is 0 Å². The summed E-state index contributed by atoms with van der Waals surface area (Å²) in [5, 5.41) is 0. The first kappa shape index (κ1) is 30.8. The van der Waals surface area contributed by atoms with Gasteiger partial charge in [-0.25, -0.2) is 65.9 Å². The van der Waals surface area contributed by atoms with Gasteiger partial charge in [-0.3, -0.25) is 0 Å². The topological polar surface area (TPSA) is 20.5 Å². The Hall–Kier alpha value is -4.64. The van der Waals surface area contributed by atoms with Gasteiger partial charge < -0.3 is 9.08 Å². The lowest BCUT2D eigenvalue weighted by atomic mass is 9.27. The van der Waals surface area contributed by atoms with Crippen molar-refractivity contribution in [1.82, 2.24) is 0 Å². The second kappa shape index (κ2) is 10.5. The number of benzene rings is 4. The van der Waals surface area contributed by atoms with E-state index in [1.165, 1.54) is 6.07 Å². The van der Waals surface area contributed by atoms with Crippen LogP contribution in [0.5, 0.6) is 0 Å². The number of carbonyl (C=O) groups excluding carboxylic acids is 1. The Morgan fingerprint density at radius 2 is 0.750 bits per heavy atom. The van der Waals surface area contributed by atoms with Crippen molar-refractivity contribution in [3.05, 3.63) is 129 Å². The fraction of sp³-hybridized carbons (Fsp3) is 0.0385. The lowest BCUT2D eigenvalue weighted by Gasteiger charge is -2.32. The van der Waals surface area contributed by atoms with Crippen molar-refractivity contribution in [3.63, 3.8) is 0 Å². The van der Waals surface area contributed by atoms with Gasteiger partial charge in [-0.2, -0.15) is 0 Å². The molecule has 1 atom stereocenters. The first-order valence-electron chi connectivity index (χ1n) is 11.6. The van der Waals surface area contributed by atoms with Crippen LogP contribution in [0.15, 0.2) is 30.3 Å². The summed E-state index contributed by atoms with van der Waals surface area (Å²) >= 11 is 0. The summed E-state index contributed by atoms with van der Waals surface area (Å²) in [4.78, 5) is 0. The van der Waals surface area contributed by atoms with Gasteiger partial charge in [0.25, 0.3) is 0 Å². The van der Waals surface area contributed by atoms with Crippen LogP contribution in [0.1, 0.15) is 21.5 Å². The van der Waals surface area contributed by atoms with Crippen LogP contribution in [0.25, 0.3) is 0 Å². The molecule has 0 unspecified atom stereocenters. The summed E-state index contributed by atoms with van der Waals surface area (Å²) in [6.45, 7) is 0. The summed E-state index contributed by atoms with van der Waals surface area (Å²) in [6.07, 6.45) is -5.69. The summed E-state index contributed by atoms with van der Waals surface area (Å²) < 4.78 is 231. The molecule has 2 nitrogen and oxygen atoms in total. The second-order valence-electron chi connectivity index (χ2n) is 9.11. The van der Waals surface area contributed by atoms with E-state index in [9.17, 15) is 39.5 Å². The lowest BCUT2D eigenvalue weighted by Crippen LogP contribution is -2.66. The van der Waals surface area contributed by atoms with Crippen LogP contribution < -0.4 is 10.9 Å². The maximum Gasteiger partial charge on any atom is 0.460 e. The molecule has 5 rings (SSSR count). The van der Waals surface area contributed by atoms with Crippen LogP contribution in [-0.4, -0.2) is 12.3 Å². The summed E-state index contributed by atoms with van der Waals surface area (Å²) in [5.41, 5.74) is -8.22. The van der Waals surface area contributed by atoms with Gasteiger partial charge >= 0.3 is 12.3 Å². The Morgan fingerprint density at radius 3 is 1.11 bits per heavy atom. The van der Waals surface area contributed by atoms with E-state index in [-0.39, 0.29) is 0 Å². The smallest absolute Gasteiger partial charge is 0.460 e. The third kappa shape index (κ3) is 4.06. The Labute approximate surface area is 233 Å². The average Bonchev–Trinajstić information content (AvgIpc) is 3.39. The van der Waals surface area contributed by atoms with E-state index in [0.717, 1.165) is 24.3 Å². The molecule has 4 aromatic rings. The molecule has 0 spiro atoms. The van der Waals surface area contributed by atoms with Crippen LogP contribution in [0.2, 0.25) is 0 Å². The van der Waals surface area contributed by atoms with Crippen molar-refractivity contribution in [1.29, 1.82) is 0 Å². The average molecular weight is 646 g/mol. The summed E-state index contributed by atoms with van der Waals surface area (Å²) in [7, 11) is 0. The van der Waals surface area contributed by atoms with Crippen LogP contribution in [0, 0.1) is 87.3 Å². The van der Waals surface area contributed by atoms with Crippen LogP contribution in [0.4, 0.5) is 65.9 Å². The second-order valence-corrected chi connectivity index (χ2v) is 9.11. The fourth-order valence-corrected chi connectivity index (χ4v) is 4.91. The van der Waals surface area contributed by atoms with Gasteiger partial charge in [0.05, 0.1) is 5.56 Å². The van der Waals surface area contributed by atoms with E-state index >= 15 is 26.3 Å². The van der Waals surface area contributed by atoms with Gasteiger partial charge in [-0.05, 0) is 23.1 Å². The number of hydrogen-bond donors (Lipinski definition) is 0. The monoisotopic (exact) mass is 646 g/mol. The zero-order valence-electron chi connectivity index (χ0n) is 20.5. The molecule has 18 heteroatoms. The van der Waals surface area contributed by atoms with Gasteiger partial charge in [0.15, 0.2) is 64.2 Å². The molecule has 230 valence electrons. The minimum atomic E-state index is -5.69. The normalized spacial score (nSPS) is 15.9. The highest BCUT2D eigenvalue weighted by molar-refractivity contribution is 6.97. The Morgan fingerprint density at radius 1 is 0.432 bits per heavy atom. The number of cyclic esters (lactones) is 1. The van der Waals surface area contributed by atoms with Gasteiger partial charge in [0.2, 0.25) is 5.82 Å². The van der Waals surface area contributed by atoms with Crippen molar-refractivity contribution in [2.24, 2.45) is 0 Å². The van der Waals surface area contributed by atoms with Crippen molar-refractivity contribution >= 4 is 23.2 Å². The fourth-order valence-electron chi connectivity index (χ4n) is 4.91. The van der Waals surface area contributed by atoms with Crippen molar-refractivity contribution in [3.8, 4) is 0 Å². The molecule has 0 aromatic heterocycles. The molecular formula is C26H6BF15O2. The highest BCUT2D eigenvalue weighted by atomic mass is 19.2. The van der Waals surface area contributed by atoms with E-state index < -0.39 is 128 Å². The highest BCUT2D eigenvalue weighted by Gasteiger charge is 2.65. The Kier molecular flexibility index (Phi) is 7.36. The number of halogens is 15. The maximum absolute atomic E-state index is 15.4. The zero-order chi connectivity index (χ0) is 32.6. The standard InChI is InChI=1S/C26H6BF15O2/c28-10-7(11(29)17(35)22(40)16(10)34)25-27(44-26(43-25)6-4-2-1-3-5-6,8-12(30)18(36)23(41)19(37)13(8)31)9-14(32)20(38)24(42)21(39)15(9)33/h1-5,25H/t25-/m1/s1. The molecule has 1 heterocycles. The van der Waals surface area contributed by atoms with Gasteiger partial charge in [-0.1, -0.05) is 18.2 Å². The molecular weight excluding hydrogens is 640 g/mol. The minimum absolute atomic E-state index is 0.544. The SMILES string of the molecule is Fc1c(F)c(F)c([C@H]2OC(c3ccccc3)=[O+][B-]2(c2c(F)c(F)c(F)c(F)c2F)c2c(F)c(F)c(F)c(F)c2F)c(F)c1F. The van der Waals surface area contributed by atoms with E-state index in [1.54, 1.807) is 0 Å². The van der Waals surface area contributed by atoms with Gasteiger partial charge in [0, 0.05) is 0 Å². The van der Waals surface area contributed by atoms with E-state index in [1.807, 2.05) is 0 Å². The third-order valence-corrected chi connectivity index (χ3v) is 6.84. The van der Waals surface area contributed by atoms with E-state index in [2.05, 4.69) is 0 Å². The van der Waals surface area contributed by atoms with Crippen molar-refractivity contribution in [2.75, 3.05) is 0 Å². The van der Waals surface area contributed by atoms with Gasteiger partial charge in [-0.15, -0.1) is 0 Å². The largest absolute Gasteiger partial charge is 0.559 e. The van der Waals surface area contributed by atoms with E-state index in [4.69, 9.17) is 9.08 Å². The Balaban J connectivity index is 2.11. The quantitative estimate of drug-likeness (QED) is 0.0618. The third-order valence-electron chi connectivity index (χ3n) is 6.84. The molecule has 1 aliphatic rings. The van der Waals surface area contributed by atoms with Gasteiger partial charge in [0.1, 0.15) is 28.8 Å². The van der Waals surface area contributed by atoms with Crippen LogP contribution in [0.3, 0.4) is 0 Å². The van der Waals surface area contributed by atoms with Crippen molar-refractivity contribution in [2.45, 2.75) is 6.00 Å². The lowest BCUT2D eigenvalue weighted by molar-refractivity contribution is -0.0953.